The predicted molar refractivity (Wildman–Crippen MR) is 36.9 cm³/mol. The molecule has 6 nitrogen and oxygen atoms in total. The number of nitrogens with one attached hydrogen (secondary N) is 1. The van der Waals surface area contributed by atoms with Crippen molar-refractivity contribution in [2.45, 2.75) is 25.8 Å². The third-order valence-electron chi connectivity index (χ3n) is 1.30. The molecule has 0 aromatic rings. The first-order chi connectivity index (χ1) is 5.93. The van der Waals surface area contributed by atoms with E-state index in [2.05, 4.69) is 0 Å². The maximum Gasteiger partial charge on any atom is 2.00 e. The first kappa shape index (κ1) is 15.6. The number of carboxylic acid groups (broad SMARTS) is 2. The summed E-state index contributed by atoms with van der Waals surface area (Å²) in [5.41, 5.74) is 0. The maximum absolute atomic E-state index is 10.4. The number of carbonyl (C=O) groups excluding carboxylic acids is 3. The van der Waals surface area contributed by atoms with E-state index in [1.165, 1.54) is 0 Å². The molecule has 82 valence electrons. The van der Waals surface area contributed by atoms with Crippen LogP contribution in [0.4, 0.5) is 0 Å². The van der Waals surface area contributed by atoms with Crippen molar-refractivity contribution in [1.29, 1.82) is 0 Å². The number of carboxylic acids is 2. The van der Waals surface area contributed by atoms with E-state index in [9.17, 15) is 24.6 Å². The molecule has 0 rings (SSSR count). The molecule has 0 aromatic heterocycles. The van der Waals surface area contributed by atoms with Crippen LogP contribution in [0.5, 0.6) is 0 Å². The molecule has 0 bridgehead atoms. The van der Waals surface area contributed by atoms with E-state index < -0.39 is 30.3 Å². The molecule has 0 unspecified atom stereocenters. The summed E-state index contributed by atoms with van der Waals surface area (Å²) >= 11 is 0. The standard InChI is InChI=1S/C7H11NO5.Pt/c1-4(9)8-5(7(12)13)2-3-6(10)11;/h5H,2-3H2,1H3,(H,8,9)(H,10,11)(H,12,13);/q;+2/p-2/t5-;/m0./s1. The van der Waals surface area contributed by atoms with Crippen LogP contribution in [-0.2, 0) is 35.4 Å². The molecule has 1 atom stereocenters. The second-order valence-electron chi connectivity index (χ2n) is 2.48. The van der Waals surface area contributed by atoms with Gasteiger partial charge in [0.2, 0.25) is 5.91 Å². The second kappa shape index (κ2) is 7.50. The second-order valence-corrected chi connectivity index (χ2v) is 2.48. The minimum atomic E-state index is -1.50. The summed E-state index contributed by atoms with van der Waals surface area (Å²) in [4.78, 5) is 30.7. The zero-order chi connectivity index (χ0) is 10.4. The van der Waals surface area contributed by atoms with E-state index in [1.54, 1.807) is 0 Å². The van der Waals surface area contributed by atoms with Crippen molar-refractivity contribution in [3.05, 3.63) is 0 Å². The van der Waals surface area contributed by atoms with Crippen LogP contribution in [0.3, 0.4) is 0 Å². The number of carbonyl (C=O) groups is 3. The molecule has 1 amide bonds. The Balaban J connectivity index is 0. The van der Waals surface area contributed by atoms with Gasteiger partial charge >= 0.3 is 21.1 Å². The molecular formula is C7H9NO5Pt. The van der Waals surface area contributed by atoms with Gasteiger partial charge in [0.25, 0.3) is 0 Å². The molecule has 0 saturated heterocycles. The number of hydrogen-bond donors (Lipinski definition) is 1. The van der Waals surface area contributed by atoms with Gasteiger partial charge in [0, 0.05) is 12.9 Å². The van der Waals surface area contributed by atoms with Gasteiger partial charge in [-0.05, 0) is 12.8 Å². The molecule has 0 aliphatic heterocycles. The Morgan fingerprint density at radius 2 is 1.79 bits per heavy atom. The SMILES string of the molecule is CC(=O)N[C@@H](CCC(=O)[O-])C(=O)[O-].[Pt+2]. The van der Waals surface area contributed by atoms with Gasteiger partial charge in [-0.15, -0.1) is 0 Å². The molecule has 7 heteroatoms. The van der Waals surface area contributed by atoms with Crippen LogP contribution in [0, 0.1) is 0 Å². The first-order valence-corrected chi connectivity index (χ1v) is 3.61. The smallest absolute Gasteiger partial charge is 0.550 e. The molecule has 0 saturated carbocycles. The number of amides is 1. The zero-order valence-electron chi connectivity index (χ0n) is 7.35. The van der Waals surface area contributed by atoms with Crippen molar-refractivity contribution in [2.24, 2.45) is 0 Å². The largest absolute Gasteiger partial charge is 2.00 e. The molecule has 0 heterocycles. The summed E-state index contributed by atoms with van der Waals surface area (Å²) in [6.45, 7) is 1.13. The molecule has 0 aliphatic rings. The van der Waals surface area contributed by atoms with Gasteiger partial charge in [-0.3, -0.25) is 4.79 Å². The van der Waals surface area contributed by atoms with E-state index in [0.717, 1.165) is 6.92 Å². The summed E-state index contributed by atoms with van der Waals surface area (Å²) in [6, 6.07) is -1.27. The van der Waals surface area contributed by atoms with E-state index in [0.29, 0.717) is 0 Å². The van der Waals surface area contributed by atoms with E-state index in [1.807, 2.05) is 5.32 Å². The van der Waals surface area contributed by atoms with Crippen LogP contribution in [0.2, 0.25) is 0 Å². The Morgan fingerprint density at radius 1 is 1.29 bits per heavy atom. The molecule has 0 spiro atoms. The predicted octanol–water partition coefficient (Wildman–Crippen LogP) is -3.23. The average molecular weight is 382 g/mol. The third kappa shape index (κ3) is 7.73. The Bertz CT molecular complexity index is 230. The molecule has 14 heavy (non-hydrogen) atoms. The summed E-state index contributed by atoms with van der Waals surface area (Å²) in [6.07, 6.45) is -0.664. The van der Waals surface area contributed by atoms with Gasteiger partial charge < -0.3 is 25.1 Å². The van der Waals surface area contributed by atoms with Crippen molar-refractivity contribution in [3.8, 4) is 0 Å². The van der Waals surface area contributed by atoms with Gasteiger partial charge in [0.1, 0.15) is 0 Å². The van der Waals surface area contributed by atoms with Gasteiger partial charge in [0.15, 0.2) is 0 Å². The van der Waals surface area contributed by atoms with Crippen molar-refractivity contribution < 1.29 is 45.7 Å². The molecule has 1 N–H and O–H groups in total. The molecule has 0 fully saturated rings. The summed E-state index contributed by atoms with van der Waals surface area (Å²) in [7, 11) is 0. The average Bonchev–Trinajstić information content (AvgIpc) is 1.96. The fourth-order valence-corrected chi connectivity index (χ4v) is 0.756. The third-order valence-corrected chi connectivity index (χ3v) is 1.30. The minimum absolute atomic E-state index is 0. The minimum Gasteiger partial charge on any atom is -0.550 e. The quantitative estimate of drug-likeness (QED) is 0.538. The Morgan fingerprint density at radius 3 is 2.07 bits per heavy atom. The van der Waals surface area contributed by atoms with E-state index in [4.69, 9.17) is 0 Å². The molecule has 0 aliphatic carbocycles. The molecular weight excluding hydrogens is 373 g/mol. The van der Waals surface area contributed by atoms with Gasteiger partial charge in [0.05, 0.1) is 12.0 Å². The van der Waals surface area contributed by atoms with Crippen LogP contribution >= 0.6 is 0 Å². The van der Waals surface area contributed by atoms with Crippen molar-refractivity contribution in [2.75, 3.05) is 0 Å². The van der Waals surface area contributed by atoms with Crippen molar-refractivity contribution >= 4 is 17.8 Å². The van der Waals surface area contributed by atoms with Crippen LogP contribution in [0.15, 0.2) is 0 Å². The fourth-order valence-electron chi connectivity index (χ4n) is 0.756. The van der Waals surface area contributed by atoms with Crippen molar-refractivity contribution in [1.82, 2.24) is 5.32 Å². The number of hydrogen-bond acceptors (Lipinski definition) is 5. The van der Waals surface area contributed by atoms with E-state index in [-0.39, 0.29) is 27.5 Å². The van der Waals surface area contributed by atoms with Gasteiger partial charge in [-0.25, -0.2) is 0 Å². The Labute approximate surface area is 94.9 Å². The molecule has 0 aromatic carbocycles. The monoisotopic (exact) mass is 382 g/mol. The van der Waals surface area contributed by atoms with Crippen molar-refractivity contribution in [3.63, 3.8) is 0 Å². The Hall–Kier alpha value is -0.902. The maximum atomic E-state index is 10.4. The van der Waals surface area contributed by atoms with Gasteiger partial charge in [-0.2, -0.15) is 0 Å². The fraction of sp³-hybridized carbons (Fsp3) is 0.571. The first-order valence-electron chi connectivity index (χ1n) is 3.61. The number of aliphatic carboxylic acids is 2. The van der Waals surface area contributed by atoms with Crippen LogP contribution in [-0.4, -0.2) is 23.9 Å². The summed E-state index contributed by atoms with van der Waals surface area (Å²) < 4.78 is 0. The normalized spacial score (nSPS) is 10.9. The van der Waals surface area contributed by atoms with Crippen LogP contribution in [0.1, 0.15) is 19.8 Å². The summed E-state index contributed by atoms with van der Waals surface area (Å²) in [5.74, 6) is -3.42. The van der Waals surface area contributed by atoms with Gasteiger partial charge in [-0.1, -0.05) is 0 Å². The zero-order valence-corrected chi connectivity index (χ0v) is 9.62. The van der Waals surface area contributed by atoms with E-state index >= 15 is 0 Å². The summed E-state index contributed by atoms with van der Waals surface area (Å²) in [5, 5.41) is 22.3. The Kier molecular flexibility index (Phi) is 8.34. The van der Waals surface area contributed by atoms with Crippen LogP contribution < -0.4 is 15.5 Å². The number of rotatable bonds is 5. The van der Waals surface area contributed by atoms with Crippen LogP contribution in [0.25, 0.3) is 0 Å². The topological polar surface area (TPSA) is 109 Å². The molecule has 0 radical (unpaired) electrons.